The summed E-state index contributed by atoms with van der Waals surface area (Å²) in [6.45, 7) is 30.2. The fourth-order valence-electron chi connectivity index (χ4n) is 12.2. The lowest BCUT2D eigenvalue weighted by molar-refractivity contribution is 0.590. The molecule has 0 aliphatic carbocycles. The average molecular weight is 1000 g/mol. The zero-order valence-corrected chi connectivity index (χ0v) is 49.5. The van der Waals surface area contributed by atoms with Crippen molar-refractivity contribution in [2.45, 2.75) is 230 Å². The maximum Gasteiger partial charge on any atom is 0.0520 e. The summed E-state index contributed by atoms with van der Waals surface area (Å²) in [6.07, 6.45) is 24.8. The van der Waals surface area contributed by atoms with E-state index in [1.807, 2.05) is 0 Å². The van der Waals surface area contributed by atoms with Gasteiger partial charge in [-0.05, 0) is 216 Å². The monoisotopic (exact) mass is 1000 g/mol. The van der Waals surface area contributed by atoms with Crippen molar-refractivity contribution in [1.29, 1.82) is 0 Å². The second-order valence-electron chi connectivity index (χ2n) is 24.0. The number of aryl methyl sites for hydroxylation is 8. The Kier molecular flexibility index (Phi) is 20.7. The van der Waals surface area contributed by atoms with Gasteiger partial charge in [0.2, 0.25) is 0 Å². The molecule has 75 heavy (non-hydrogen) atoms. The van der Waals surface area contributed by atoms with Crippen molar-refractivity contribution < 1.29 is 0 Å². The smallest absolute Gasteiger partial charge is 0.0520 e. The highest BCUT2D eigenvalue weighted by molar-refractivity contribution is 6.13. The highest BCUT2D eigenvalue weighted by Gasteiger charge is 2.25. The molecule has 0 atom stereocenters. The second kappa shape index (κ2) is 27.1. The van der Waals surface area contributed by atoms with Crippen LogP contribution in [0.15, 0.2) is 109 Å². The number of nitrogens with zero attached hydrogens (tertiary/aromatic N) is 2. The summed E-state index contributed by atoms with van der Waals surface area (Å²) in [6, 6.07) is 43.9. The van der Waals surface area contributed by atoms with Gasteiger partial charge in [-0.15, -0.1) is 0 Å². The Morgan fingerprint density at radius 1 is 0.360 bits per heavy atom. The van der Waals surface area contributed by atoms with Crippen molar-refractivity contribution in [3.8, 4) is 0 Å². The van der Waals surface area contributed by atoms with Gasteiger partial charge in [-0.2, -0.15) is 0 Å². The third-order valence-corrected chi connectivity index (χ3v) is 16.4. The van der Waals surface area contributed by atoms with Crippen molar-refractivity contribution >= 4 is 55.7 Å². The molecule has 0 N–H and O–H groups in total. The number of rotatable bonds is 27. The van der Waals surface area contributed by atoms with E-state index in [0.717, 1.165) is 25.7 Å². The van der Waals surface area contributed by atoms with Gasteiger partial charge in [0.15, 0.2) is 0 Å². The molecular weight excluding hydrogens is 905 g/mol. The molecule has 2 heteroatoms. The maximum absolute atomic E-state index is 2.61. The normalized spacial score (nSPS) is 11.9. The molecule has 0 aliphatic heterocycles. The van der Waals surface area contributed by atoms with Crippen LogP contribution in [0.4, 0.5) is 34.1 Å². The van der Waals surface area contributed by atoms with Gasteiger partial charge < -0.3 is 9.80 Å². The number of benzene rings is 7. The molecule has 7 rings (SSSR count). The standard InChI is InChI=1S/C73H98N2/c1-14-18-22-24-26-28-32-65-66(33-29-27-25-23-19-15-2)70-51-64(75(62-40-36-60(37-41-62)73(11,12)13)72-55(9)48-58(31-21-17-4)49-56(72)10)43-45-68(70)67-44-42-63(50-69(65)67)74(61-38-34-59(35-39-61)52(5)6)71-53(7)46-57(30-20-16-3)47-54(71)8/h34-52H,14-33H2,1-13H3. The van der Waals surface area contributed by atoms with Crippen LogP contribution >= 0.6 is 0 Å². The zero-order chi connectivity index (χ0) is 53.6. The highest BCUT2D eigenvalue weighted by Crippen LogP contribution is 2.46. The van der Waals surface area contributed by atoms with Crippen molar-refractivity contribution in [3.05, 3.63) is 165 Å². The summed E-state index contributed by atoms with van der Waals surface area (Å²) in [5, 5.41) is 5.62. The predicted octanol–water partition coefficient (Wildman–Crippen LogP) is 23.1. The van der Waals surface area contributed by atoms with E-state index in [4.69, 9.17) is 0 Å². The molecule has 0 aromatic heterocycles. The van der Waals surface area contributed by atoms with E-state index in [2.05, 4.69) is 209 Å². The first-order valence-electron chi connectivity index (χ1n) is 30.2. The van der Waals surface area contributed by atoms with Gasteiger partial charge in [-0.25, -0.2) is 0 Å². The number of fused-ring (bicyclic) bond motifs is 3. The summed E-state index contributed by atoms with van der Waals surface area (Å²) in [7, 11) is 0. The molecule has 0 amide bonds. The van der Waals surface area contributed by atoms with Crippen molar-refractivity contribution in [1.82, 2.24) is 0 Å². The first kappa shape index (κ1) is 57.4. The van der Waals surface area contributed by atoms with E-state index < -0.39 is 0 Å². The van der Waals surface area contributed by atoms with Crippen LogP contribution < -0.4 is 9.80 Å². The molecule has 0 bridgehead atoms. The molecule has 7 aromatic rings. The molecule has 7 aromatic carbocycles. The van der Waals surface area contributed by atoms with Crippen LogP contribution in [0.5, 0.6) is 0 Å². The van der Waals surface area contributed by atoms with Crippen LogP contribution in [0.1, 0.15) is 227 Å². The van der Waals surface area contributed by atoms with E-state index in [9.17, 15) is 0 Å². The fourth-order valence-corrected chi connectivity index (χ4v) is 12.2. The molecule has 0 radical (unpaired) electrons. The molecular formula is C73H98N2. The van der Waals surface area contributed by atoms with E-state index in [0.29, 0.717) is 5.92 Å². The maximum atomic E-state index is 2.61. The van der Waals surface area contributed by atoms with Gasteiger partial charge in [0, 0.05) is 22.7 Å². The molecule has 0 saturated carbocycles. The molecule has 0 aliphatic rings. The van der Waals surface area contributed by atoms with E-state index in [1.165, 1.54) is 203 Å². The summed E-state index contributed by atoms with van der Waals surface area (Å²) < 4.78 is 0. The zero-order valence-electron chi connectivity index (χ0n) is 49.5. The summed E-state index contributed by atoms with van der Waals surface area (Å²) in [5.41, 5.74) is 21.8. The van der Waals surface area contributed by atoms with Crippen molar-refractivity contribution in [2.24, 2.45) is 0 Å². The lowest BCUT2D eigenvalue weighted by Gasteiger charge is -2.31. The van der Waals surface area contributed by atoms with Crippen LogP contribution in [-0.2, 0) is 31.1 Å². The number of hydrogen-bond acceptors (Lipinski definition) is 2. The Labute approximate surface area is 457 Å². The van der Waals surface area contributed by atoms with E-state index >= 15 is 0 Å². The first-order chi connectivity index (χ1) is 36.2. The Bertz CT molecular complexity index is 2880. The molecule has 0 heterocycles. The molecule has 0 saturated heterocycles. The van der Waals surface area contributed by atoms with Crippen molar-refractivity contribution in [3.63, 3.8) is 0 Å². The summed E-state index contributed by atoms with van der Waals surface area (Å²) >= 11 is 0. The van der Waals surface area contributed by atoms with Crippen LogP contribution in [-0.4, -0.2) is 0 Å². The Morgan fingerprint density at radius 2 is 0.707 bits per heavy atom. The SMILES string of the molecule is CCCCCCCCc1c(CCCCCCCC)c2cc(N(c3ccc(C(C)(C)C)cc3)c3c(C)cc(CCCC)cc3C)ccc2c2ccc(N(c3ccc(C(C)C)cc3)c3c(C)cc(CCCC)cc3C)cc12. The topological polar surface area (TPSA) is 6.48 Å². The third kappa shape index (κ3) is 14.2. The number of unbranched alkanes of at least 4 members (excludes halogenated alkanes) is 12. The minimum atomic E-state index is 0.0732. The van der Waals surface area contributed by atoms with Gasteiger partial charge in [0.1, 0.15) is 0 Å². The highest BCUT2D eigenvalue weighted by atomic mass is 15.2. The lowest BCUT2D eigenvalue weighted by atomic mass is 9.85. The second-order valence-corrected chi connectivity index (χ2v) is 24.0. The molecule has 0 spiro atoms. The summed E-state index contributed by atoms with van der Waals surface area (Å²) in [4.78, 5) is 5.18. The van der Waals surface area contributed by atoms with Crippen LogP contribution in [0.25, 0.3) is 21.5 Å². The largest absolute Gasteiger partial charge is 0.310 e. The van der Waals surface area contributed by atoms with Gasteiger partial charge >= 0.3 is 0 Å². The van der Waals surface area contributed by atoms with Gasteiger partial charge in [-0.3, -0.25) is 0 Å². The fraction of sp³-hybridized carbons (Fsp3) is 0.479. The van der Waals surface area contributed by atoms with Gasteiger partial charge in [-0.1, -0.05) is 200 Å². The van der Waals surface area contributed by atoms with Crippen molar-refractivity contribution in [2.75, 3.05) is 9.80 Å². The first-order valence-corrected chi connectivity index (χ1v) is 30.2. The quantitative estimate of drug-likeness (QED) is 0.0374. The van der Waals surface area contributed by atoms with Gasteiger partial charge in [0.05, 0.1) is 11.4 Å². The average Bonchev–Trinajstić information content (AvgIpc) is 3.39. The Balaban J connectivity index is 1.50. The Morgan fingerprint density at radius 3 is 1.07 bits per heavy atom. The minimum Gasteiger partial charge on any atom is -0.310 e. The van der Waals surface area contributed by atoms with Crippen LogP contribution in [0.2, 0.25) is 0 Å². The van der Waals surface area contributed by atoms with Crippen LogP contribution in [0, 0.1) is 27.7 Å². The lowest BCUT2D eigenvalue weighted by Crippen LogP contribution is -2.15. The van der Waals surface area contributed by atoms with Gasteiger partial charge in [0.25, 0.3) is 0 Å². The molecule has 0 unspecified atom stereocenters. The third-order valence-electron chi connectivity index (χ3n) is 16.4. The summed E-state index contributed by atoms with van der Waals surface area (Å²) in [5.74, 6) is 0.475. The molecule has 400 valence electrons. The van der Waals surface area contributed by atoms with E-state index in [-0.39, 0.29) is 5.41 Å². The predicted molar refractivity (Wildman–Crippen MR) is 334 cm³/mol. The minimum absolute atomic E-state index is 0.0732. The van der Waals surface area contributed by atoms with E-state index in [1.54, 1.807) is 11.1 Å². The number of anilines is 6. The number of hydrogen-bond donors (Lipinski definition) is 0. The Hall–Kier alpha value is -5.34. The molecule has 0 fully saturated rings. The molecule has 2 nitrogen and oxygen atoms in total. The van der Waals surface area contributed by atoms with Crippen LogP contribution in [0.3, 0.4) is 0 Å².